The van der Waals surface area contributed by atoms with E-state index in [1.165, 1.54) is 7.11 Å². The number of Topliss-reactive ketones (excluding diaryl/α,β-unsaturated/α-hetero) is 1. The van der Waals surface area contributed by atoms with E-state index in [1.807, 2.05) is 13.8 Å². The molecule has 0 aromatic carbocycles. The third-order valence-corrected chi connectivity index (χ3v) is 10.6. The van der Waals surface area contributed by atoms with E-state index in [1.54, 1.807) is 13.8 Å². The van der Waals surface area contributed by atoms with Crippen LogP contribution in [0.15, 0.2) is 23.0 Å². The van der Waals surface area contributed by atoms with Crippen LogP contribution in [0, 0.1) is 38.9 Å². The minimum atomic E-state index is -1.55. The van der Waals surface area contributed by atoms with Crippen molar-refractivity contribution >= 4 is 11.8 Å². The second-order valence-corrected chi connectivity index (χ2v) is 11.9. The van der Waals surface area contributed by atoms with Gasteiger partial charge in [-0.1, -0.05) is 46.3 Å². The van der Waals surface area contributed by atoms with Crippen LogP contribution >= 0.6 is 0 Å². The van der Waals surface area contributed by atoms with Crippen molar-refractivity contribution in [3.05, 3.63) is 23.0 Å². The van der Waals surface area contributed by atoms with Gasteiger partial charge in [0.1, 0.15) is 5.41 Å². The molecule has 2 saturated carbocycles. The number of allylic oxidation sites excluding steroid dienone is 3. The van der Waals surface area contributed by atoms with E-state index in [-0.39, 0.29) is 45.9 Å². The van der Waals surface area contributed by atoms with E-state index in [0.717, 1.165) is 18.4 Å². The molecule has 172 valence electrons. The molecule has 2 fully saturated rings. The van der Waals surface area contributed by atoms with Crippen LogP contribution in [0.3, 0.4) is 0 Å². The Balaban J connectivity index is 2.03. The van der Waals surface area contributed by atoms with Crippen molar-refractivity contribution in [2.45, 2.75) is 80.3 Å². The number of esters is 1. The quantitative estimate of drug-likeness (QED) is 0.391. The predicted molar refractivity (Wildman–Crippen MR) is 115 cm³/mol. The minimum Gasteiger partial charge on any atom is -0.875 e. The summed E-state index contributed by atoms with van der Waals surface area (Å²) in [5.41, 5.74) is -3.02. The molecule has 0 heterocycles. The number of aliphatic hydroxyl groups is 1. The predicted octanol–water partition coefficient (Wildman–Crippen LogP) is 3.55. The van der Waals surface area contributed by atoms with Crippen molar-refractivity contribution in [1.29, 1.82) is 0 Å². The van der Waals surface area contributed by atoms with Gasteiger partial charge >= 0.3 is 5.97 Å². The number of hydrogen-bond donors (Lipinski definition) is 1. The first-order valence-corrected chi connectivity index (χ1v) is 11.6. The second-order valence-electron chi connectivity index (χ2n) is 11.9. The normalized spacial score (nSPS) is 48.5. The van der Waals surface area contributed by atoms with Crippen LogP contribution in [-0.4, -0.2) is 30.1 Å². The number of ketones is 1. The molecule has 1 N–H and O–H groups in total. The molecule has 4 aliphatic carbocycles. The number of methoxy groups -OCH3 is 1. The van der Waals surface area contributed by atoms with E-state index in [9.17, 15) is 19.8 Å². The molecule has 5 nitrogen and oxygen atoms in total. The fourth-order valence-corrected chi connectivity index (χ4v) is 8.83. The number of rotatable bonds is 1. The standard InChI is InChI=1S/C26H38O5/c1-14-13-17-23(5)11-10-18(27)22(3,4)16(23)9-12-24(17,6)26(21(30)31-8)20(29)15(2)19(28)25(14,26)7/h13,16-18,27-28H,9-12H2,1-8H3/p-1/t16-,17+,18+,23-,24+,25+,26-/m1/s1. The zero-order valence-electron chi connectivity index (χ0n) is 20.2. The van der Waals surface area contributed by atoms with Crippen LogP contribution in [0.25, 0.3) is 0 Å². The molecule has 5 heteroatoms. The number of fused-ring (bicyclic) bond motifs is 5. The number of hydrogen-bond acceptors (Lipinski definition) is 5. The molecular weight excluding hydrogens is 392 g/mol. The summed E-state index contributed by atoms with van der Waals surface area (Å²) < 4.78 is 5.32. The van der Waals surface area contributed by atoms with Gasteiger partial charge in [-0.05, 0) is 73.2 Å². The highest BCUT2D eigenvalue weighted by Crippen LogP contribution is 2.76. The van der Waals surface area contributed by atoms with Crippen LogP contribution in [-0.2, 0) is 14.3 Å². The summed E-state index contributed by atoms with van der Waals surface area (Å²) in [4.78, 5) is 27.6. The first-order chi connectivity index (χ1) is 14.2. The lowest BCUT2D eigenvalue weighted by Gasteiger charge is -2.69. The first-order valence-electron chi connectivity index (χ1n) is 11.6. The lowest BCUT2D eigenvalue weighted by atomic mass is 9.33. The summed E-state index contributed by atoms with van der Waals surface area (Å²) in [6.07, 6.45) is 4.79. The summed E-state index contributed by atoms with van der Waals surface area (Å²) in [5, 5.41) is 24.3. The van der Waals surface area contributed by atoms with Crippen molar-refractivity contribution in [3.8, 4) is 0 Å². The van der Waals surface area contributed by atoms with Crippen molar-refractivity contribution in [1.82, 2.24) is 0 Å². The van der Waals surface area contributed by atoms with Gasteiger partial charge in [0, 0.05) is 5.41 Å². The molecule has 0 spiro atoms. The SMILES string of the molecule is COC(=O)[C@@]12C(=O)C(C)=C([O-])[C@]1(C)C(C)=C[C@H]1[C@]3(C)CC[C@H](O)C(C)(C)[C@H]3CC[C@@]12C. The van der Waals surface area contributed by atoms with E-state index in [4.69, 9.17) is 4.74 Å². The second kappa shape index (κ2) is 6.24. The Morgan fingerprint density at radius 3 is 2.32 bits per heavy atom. The molecule has 0 amide bonds. The molecular formula is C26H37O5-. The molecule has 31 heavy (non-hydrogen) atoms. The smallest absolute Gasteiger partial charge is 0.321 e. The summed E-state index contributed by atoms with van der Waals surface area (Å²) in [6, 6.07) is 0. The Labute approximate surface area is 185 Å². The molecule has 0 aliphatic heterocycles. The molecule has 0 radical (unpaired) electrons. The highest BCUT2D eigenvalue weighted by Gasteiger charge is 2.78. The van der Waals surface area contributed by atoms with E-state index < -0.39 is 22.2 Å². The van der Waals surface area contributed by atoms with Gasteiger partial charge in [-0.25, -0.2) is 0 Å². The fourth-order valence-electron chi connectivity index (χ4n) is 8.83. The third kappa shape index (κ3) is 2.13. The molecule has 4 aliphatic rings. The topological polar surface area (TPSA) is 86.7 Å². The summed E-state index contributed by atoms with van der Waals surface area (Å²) in [7, 11) is 1.32. The molecule has 4 rings (SSSR count). The van der Waals surface area contributed by atoms with Crippen molar-refractivity contribution in [2.24, 2.45) is 38.9 Å². The zero-order valence-corrected chi connectivity index (χ0v) is 20.2. The van der Waals surface area contributed by atoms with E-state index in [0.29, 0.717) is 12.8 Å². The Morgan fingerprint density at radius 2 is 1.74 bits per heavy atom. The summed E-state index contributed by atoms with van der Waals surface area (Å²) >= 11 is 0. The maximum atomic E-state index is 13.9. The molecule has 7 atom stereocenters. The largest absolute Gasteiger partial charge is 0.875 e. The average Bonchev–Trinajstić information content (AvgIpc) is 2.86. The van der Waals surface area contributed by atoms with Crippen LogP contribution in [0.1, 0.15) is 74.1 Å². The summed E-state index contributed by atoms with van der Waals surface area (Å²) in [6.45, 7) is 13.8. The number of carbonyl (C=O) groups is 2. The van der Waals surface area contributed by atoms with Gasteiger partial charge in [0.15, 0.2) is 5.78 Å². The minimum absolute atomic E-state index is 0.0691. The highest BCUT2D eigenvalue weighted by molar-refractivity contribution is 6.17. The lowest BCUT2D eigenvalue weighted by Crippen LogP contribution is -2.70. The van der Waals surface area contributed by atoms with Gasteiger partial charge in [-0.15, -0.1) is 5.76 Å². The van der Waals surface area contributed by atoms with Crippen LogP contribution in [0.2, 0.25) is 0 Å². The fraction of sp³-hybridized carbons (Fsp3) is 0.769. The Kier molecular flexibility index (Phi) is 4.54. The molecule has 0 aromatic rings. The Morgan fingerprint density at radius 1 is 1.13 bits per heavy atom. The van der Waals surface area contributed by atoms with Gasteiger partial charge in [-0.3, -0.25) is 9.59 Å². The first kappa shape index (κ1) is 22.6. The van der Waals surface area contributed by atoms with Crippen LogP contribution in [0.5, 0.6) is 0 Å². The molecule has 0 aromatic heterocycles. The van der Waals surface area contributed by atoms with Gasteiger partial charge in [0.25, 0.3) is 0 Å². The highest BCUT2D eigenvalue weighted by atomic mass is 16.5. The van der Waals surface area contributed by atoms with Crippen molar-refractivity contribution in [3.63, 3.8) is 0 Å². The third-order valence-electron chi connectivity index (χ3n) is 10.6. The lowest BCUT2D eigenvalue weighted by molar-refractivity contribution is -0.332. The zero-order chi connectivity index (χ0) is 23.4. The number of aliphatic hydroxyl groups excluding tert-OH is 1. The van der Waals surface area contributed by atoms with E-state index >= 15 is 0 Å². The van der Waals surface area contributed by atoms with Crippen molar-refractivity contribution in [2.75, 3.05) is 7.11 Å². The monoisotopic (exact) mass is 429 g/mol. The molecule has 0 bridgehead atoms. The number of carbonyl (C=O) groups excluding carboxylic acids is 2. The van der Waals surface area contributed by atoms with Gasteiger partial charge in [0.05, 0.1) is 13.2 Å². The average molecular weight is 430 g/mol. The molecule has 0 saturated heterocycles. The van der Waals surface area contributed by atoms with Gasteiger partial charge < -0.3 is 14.9 Å². The van der Waals surface area contributed by atoms with Crippen LogP contribution in [0.4, 0.5) is 0 Å². The van der Waals surface area contributed by atoms with Crippen molar-refractivity contribution < 1.29 is 24.5 Å². The van der Waals surface area contributed by atoms with E-state index in [2.05, 4.69) is 26.8 Å². The molecule has 0 unspecified atom stereocenters. The number of ether oxygens (including phenoxy) is 1. The maximum absolute atomic E-state index is 13.9. The van der Waals surface area contributed by atoms with Crippen LogP contribution < -0.4 is 5.11 Å². The maximum Gasteiger partial charge on any atom is 0.321 e. The Bertz CT molecular complexity index is 928. The summed E-state index contributed by atoms with van der Waals surface area (Å²) in [5.74, 6) is -1.00. The van der Waals surface area contributed by atoms with Gasteiger partial charge in [-0.2, -0.15) is 0 Å². The van der Waals surface area contributed by atoms with Gasteiger partial charge in [0.2, 0.25) is 0 Å². The Hall–Kier alpha value is -1.62.